The van der Waals surface area contributed by atoms with Gasteiger partial charge in [0.1, 0.15) is 22.8 Å². The number of anilines is 2. The number of alkyl halides is 3. The van der Waals surface area contributed by atoms with Crippen LogP contribution in [-0.2, 0) is 6.18 Å². The lowest BCUT2D eigenvalue weighted by atomic mass is 10.00. The average molecular weight is 476 g/mol. The molecule has 3 aromatic rings. The predicted molar refractivity (Wildman–Crippen MR) is 117 cm³/mol. The molecule has 34 heavy (non-hydrogen) atoms. The van der Waals surface area contributed by atoms with Crippen molar-refractivity contribution < 1.29 is 27.5 Å². The predicted octanol–water partition coefficient (Wildman–Crippen LogP) is 3.98. The van der Waals surface area contributed by atoms with Crippen LogP contribution in [0.15, 0.2) is 35.3 Å². The van der Waals surface area contributed by atoms with E-state index in [2.05, 4.69) is 9.97 Å². The van der Waals surface area contributed by atoms with Gasteiger partial charge in [-0.2, -0.15) is 13.2 Å². The molecule has 11 heteroatoms. The molecule has 1 aliphatic carbocycles. The van der Waals surface area contributed by atoms with E-state index in [1.165, 1.54) is 4.90 Å². The average Bonchev–Trinajstić information content (AvgIpc) is 3.64. The van der Waals surface area contributed by atoms with Crippen LogP contribution >= 0.6 is 0 Å². The highest BCUT2D eigenvalue weighted by molar-refractivity contribution is 5.96. The van der Waals surface area contributed by atoms with Gasteiger partial charge in [-0.15, -0.1) is 0 Å². The molecular formula is C23H20F4N4O3. The number of halogens is 4. The van der Waals surface area contributed by atoms with Crippen molar-refractivity contribution in [3.05, 3.63) is 63.3 Å². The summed E-state index contributed by atoms with van der Waals surface area (Å²) in [5.41, 5.74) is -4.27. The zero-order chi connectivity index (χ0) is 24.2. The molecular weight excluding hydrogens is 456 g/mol. The van der Waals surface area contributed by atoms with Gasteiger partial charge in [0.15, 0.2) is 0 Å². The number of carboxylic acid groups (broad SMARTS) is 1. The highest BCUT2D eigenvalue weighted by atomic mass is 19.4. The second-order valence-electron chi connectivity index (χ2n) is 8.49. The summed E-state index contributed by atoms with van der Waals surface area (Å²) in [4.78, 5) is 34.6. The number of carbonyl (C=O) groups is 1. The highest BCUT2D eigenvalue weighted by Crippen LogP contribution is 2.45. The van der Waals surface area contributed by atoms with Gasteiger partial charge in [-0.25, -0.2) is 14.2 Å². The van der Waals surface area contributed by atoms with E-state index in [1.807, 2.05) is 4.90 Å². The Kier molecular flexibility index (Phi) is 5.22. The molecule has 2 fully saturated rings. The summed E-state index contributed by atoms with van der Waals surface area (Å²) < 4.78 is 58.3. The Bertz CT molecular complexity index is 1330. The maximum Gasteiger partial charge on any atom is 0.420 e. The summed E-state index contributed by atoms with van der Waals surface area (Å²) >= 11 is 0. The van der Waals surface area contributed by atoms with Gasteiger partial charge in [0.2, 0.25) is 5.43 Å². The van der Waals surface area contributed by atoms with Crippen LogP contribution in [0.2, 0.25) is 0 Å². The van der Waals surface area contributed by atoms with E-state index < -0.39 is 51.1 Å². The van der Waals surface area contributed by atoms with Crippen molar-refractivity contribution in [3.63, 3.8) is 0 Å². The number of rotatable bonds is 4. The van der Waals surface area contributed by atoms with Crippen LogP contribution in [0.1, 0.15) is 40.4 Å². The van der Waals surface area contributed by atoms with Crippen LogP contribution < -0.4 is 15.2 Å². The number of aromatic nitrogens is 2. The number of benzene rings is 1. The van der Waals surface area contributed by atoms with Gasteiger partial charge in [0, 0.05) is 44.0 Å². The van der Waals surface area contributed by atoms with E-state index in [0.717, 1.165) is 0 Å². The molecule has 0 unspecified atom stereocenters. The maximum atomic E-state index is 15.2. The van der Waals surface area contributed by atoms with Crippen molar-refractivity contribution in [1.29, 1.82) is 0 Å². The molecule has 7 nitrogen and oxygen atoms in total. The molecule has 5 rings (SSSR count). The van der Waals surface area contributed by atoms with Crippen LogP contribution in [0.4, 0.5) is 29.1 Å². The van der Waals surface area contributed by atoms with E-state index in [4.69, 9.17) is 0 Å². The van der Waals surface area contributed by atoms with E-state index in [-0.39, 0.29) is 24.7 Å². The zero-order valence-electron chi connectivity index (χ0n) is 17.8. The van der Waals surface area contributed by atoms with Gasteiger partial charge in [-0.3, -0.25) is 4.79 Å². The lowest BCUT2D eigenvalue weighted by Gasteiger charge is -2.38. The first-order valence-electron chi connectivity index (χ1n) is 10.8. The fourth-order valence-electron chi connectivity index (χ4n) is 4.58. The second kappa shape index (κ2) is 8.00. The molecule has 1 aliphatic heterocycles. The number of nitrogens with one attached hydrogen (secondary N) is 1. The summed E-state index contributed by atoms with van der Waals surface area (Å²) in [6, 6.07) is 6.06. The third-order valence-corrected chi connectivity index (χ3v) is 6.31. The number of nitrogens with zero attached hydrogens (tertiary/aromatic N) is 3. The van der Waals surface area contributed by atoms with Gasteiger partial charge in [-0.05, 0) is 31.0 Å². The third kappa shape index (κ3) is 3.74. The topological polar surface area (TPSA) is 89.5 Å². The Hall–Kier alpha value is -3.63. The zero-order valence-corrected chi connectivity index (χ0v) is 17.8. The quantitative estimate of drug-likeness (QED) is 0.554. The molecule has 0 amide bonds. The van der Waals surface area contributed by atoms with Crippen LogP contribution in [0.3, 0.4) is 0 Å². The standard InChI is InChI=1S/C23H20F4N4O3/c24-14-11-13-19(29-18(12-4-5-12)16(21(13)32)22(33)34)17(23(25,26)27)20(14)31-9-7-30(8-10-31)15-3-1-2-6-28-15/h1-3,6,11-12H,4-5,7-10H2,(H,29,32)(H,33,34). The SMILES string of the molecule is O=C(O)c1c(C2CC2)[nH]c2c(C(F)(F)F)c(N3CCN(c4ccccn4)CC3)c(F)cc2c1=O. The molecule has 1 saturated heterocycles. The minimum absolute atomic E-state index is 0.0342. The third-order valence-electron chi connectivity index (χ3n) is 6.31. The van der Waals surface area contributed by atoms with E-state index in [1.54, 1.807) is 24.4 Å². The smallest absolute Gasteiger partial charge is 0.420 e. The van der Waals surface area contributed by atoms with Crippen LogP contribution in [0.5, 0.6) is 0 Å². The monoisotopic (exact) mass is 476 g/mol. The van der Waals surface area contributed by atoms with Crippen LogP contribution in [0.25, 0.3) is 10.9 Å². The molecule has 0 spiro atoms. The fraction of sp³-hybridized carbons (Fsp3) is 0.348. The van der Waals surface area contributed by atoms with Crippen molar-refractivity contribution in [2.75, 3.05) is 36.0 Å². The number of H-pyrrole nitrogens is 1. The molecule has 1 aromatic carbocycles. The number of aromatic carboxylic acids is 1. The van der Waals surface area contributed by atoms with E-state index in [9.17, 15) is 27.9 Å². The Labute approximate surface area is 190 Å². The van der Waals surface area contributed by atoms with Gasteiger partial charge in [-0.1, -0.05) is 6.07 Å². The van der Waals surface area contributed by atoms with E-state index in [0.29, 0.717) is 37.8 Å². The Balaban J connectivity index is 1.64. The number of hydrogen-bond acceptors (Lipinski definition) is 5. The Morgan fingerprint density at radius 2 is 1.79 bits per heavy atom. The number of hydrogen-bond donors (Lipinski definition) is 2. The van der Waals surface area contributed by atoms with Crippen molar-refractivity contribution in [1.82, 2.24) is 9.97 Å². The second-order valence-corrected chi connectivity index (χ2v) is 8.49. The van der Waals surface area contributed by atoms with Gasteiger partial charge < -0.3 is 19.9 Å². The first-order chi connectivity index (χ1) is 16.2. The number of pyridine rings is 2. The summed E-state index contributed by atoms with van der Waals surface area (Å²) in [7, 11) is 0. The van der Waals surface area contributed by atoms with Gasteiger partial charge >= 0.3 is 12.1 Å². The molecule has 1 saturated carbocycles. The first kappa shape index (κ1) is 22.2. The molecule has 2 aromatic heterocycles. The van der Waals surface area contributed by atoms with E-state index >= 15 is 4.39 Å². The number of carboxylic acids is 1. The normalized spacial score (nSPS) is 16.8. The Morgan fingerprint density at radius 3 is 2.35 bits per heavy atom. The van der Waals surface area contributed by atoms with Crippen molar-refractivity contribution in [2.45, 2.75) is 24.9 Å². The summed E-state index contributed by atoms with van der Waals surface area (Å²) in [5, 5.41) is 8.88. The minimum atomic E-state index is -4.98. The van der Waals surface area contributed by atoms with Crippen molar-refractivity contribution in [3.8, 4) is 0 Å². The van der Waals surface area contributed by atoms with Crippen molar-refractivity contribution in [2.24, 2.45) is 0 Å². The molecule has 178 valence electrons. The number of piperazine rings is 1. The summed E-state index contributed by atoms with van der Waals surface area (Å²) in [6.45, 7) is 0.866. The molecule has 0 atom stereocenters. The number of fused-ring (bicyclic) bond motifs is 1. The van der Waals surface area contributed by atoms with Crippen LogP contribution in [0, 0.1) is 5.82 Å². The number of aromatic amines is 1. The molecule has 0 bridgehead atoms. The first-order valence-corrected chi connectivity index (χ1v) is 10.8. The lowest BCUT2D eigenvalue weighted by molar-refractivity contribution is -0.136. The van der Waals surface area contributed by atoms with Gasteiger partial charge in [0.25, 0.3) is 0 Å². The Morgan fingerprint density at radius 1 is 1.12 bits per heavy atom. The molecule has 2 aliphatic rings. The molecule has 2 N–H and O–H groups in total. The maximum absolute atomic E-state index is 15.2. The van der Waals surface area contributed by atoms with Gasteiger partial charge in [0.05, 0.1) is 16.6 Å². The summed E-state index contributed by atoms with van der Waals surface area (Å²) in [6.07, 6.45) is -2.24. The molecule has 3 heterocycles. The highest BCUT2D eigenvalue weighted by Gasteiger charge is 2.42. The summed E-state index contributed by atoms with van der Waals surface area (Å²) in [5.74, 6) is -2.42. The fourth-order valence-corrected chi connectivity index (χ4v) is 4.58. The van der Waals surface area contributed by atoms with Crippen LogP contribution in [-0.4, -0.2) is 47.2 Å². The van der Waals surface area contributed by atoms with Crippen molar-refractivity contribution >= 4 is 28.4 Å². The minimum Gasteiger partial charge on any atom is -0.477 e. The lowest BCUT2D eigenvalue weighted by Crippen LogP contribution is -2.47. The molecule has 0 radical (unpaired) electrons. The largest absolute Gasteiger partial charge is 0.477 e.